The molecule has 1 saturated carbocycles. The summed E-state index contributed by atoms with van der Waals surface area (Å²) in [4.78, 5) is 8.81. The first-order valence-electron chi connectivity index (χ1n) is 7.62. The molecule has 1 aliphatic rings. The third kappa shape index (κ3) is 4.23. The first-order chi connectivity index (χ1) is 9.91. The van der Waals surface area contributed by atoms with Crippen LogP contribution in [0.2, 0.25) is 0 Å². The number of nitrogens with one attached hydrogen (secondary N) is 1. The van der Waals surface area contributed by atoms with E-state index in [0.717, 1.165) is 37.2 Å². The van der Waals surface area contributed by atoms with E-state index in [1.54, 1.807) is 6.20 Å². The Balaban J connectivity index is 2.19. The lowest BCUT2D eigenvalue weighted by atomic mass is 9.82. The van der Waals surface area contributed by atoms with Gasteiger partial charge in [-0.1, -0.05) is 13.3 Å². The predicted octanol–water partition coefficient (Wildman–Crippen LogP) is 2.04. The number of aromatic nitrogens is 2. The van der Waals surface area contributed by atoms with Crippen LogP contribution in [0, 0.1) is 12.8 Å². The molecule has 1 fully saturated rings. The highest BCUT2D eigenvalue weighted by Gasteiger charge is 2.34. The Morgan fingerprint density at radius 3 is 2.67 bits per heavy atom. The molecule has 0 aromatic carbocycles. The maximum Gasteiger partial charge on any atom is 0.150 e. The van der Waals surface area contributed by atoms with Gasteiger partial charge < -0.3 is 5.32 Å². The van der Waals surface area contributed by atoms with Crippen LogP contribution in [-0.4, -0.2) is 36.4 Å². The molecule has 0 saturated heterocycles. The van der Waals surface area contributed by atoms with Gasteiger partial charge in [0.05, 0.1) is 28.9 Å². The Bertz CT molecular complexity index is 557. The topological polar surface area (TPSA) is 72.0 Å². The molecule has 0 spiro atoms. The molecule has 1 aromatic rings. The Morgan fingerprint density at radius 1 is 1.33 bits per heavy atom. The molecule has 1 aromatic heterocycles. The minimum Gasteiger partial charge on any atom is -0.309 e. The maximum absolute atomic E-state index is 11.8. The number of hydrogen-bond acceptors (Lipinski definition) is 5. The molecule has 6 heteroatoms. The highest BCUT2D eigenvalue weighted by atomic mass is 32.2. The molecule has 1 heterocycles. The van der Waals surface area contributed by atoms with Gasteiger partial charge in [-0.2, -0.15) is 0 Å². The summed E-state index contributed by atoms with van der Waals surface area (Å²) in [5.41, 5.74) is 1.81. The zero-order valence-corrected chi connectivity index (χ0v) is 13.9. The lowest BCUT2D eigenvalue weighted by molar-refractivity contribution is 0.271. The van der Waals surface area contributed by atoms with Crippen LogP contribution < -0.4 is 5.32 Å². The number of aryl methyl sites for hydroxylation is 1. The predicted molar refractivity (Wildman–Crippen MR) is 83.8 cm³/mol. The van der Waals surface area contributed by atoms with Crippen LogP contribution in [-0.2, 0) is 9.84 Å². The van der Waals surface area contributed by atoms with Crippen molar-refractivity contribution in [2.24, 2.45) is 5.92 Å². The van der Waals surface area contributed by atoms with E-state index in [9.17, 15) is 8.42 Å². The van der Waals surface area contributed by atoms with E-state index in [4.69, 9.17) is 0 Å². The zero-order valence-electron chi connectivity index (χ0n) is 13.0. The summed E-state index contributed by atoms with van der Waals surface area (Å²) in [6, 6.07) is 0.0904. The van der Waals surface area contributed by atoms with E-state index in [1.807, 2.05) is 13.1 Å². The molecule has 0 aliphatic heterocycles. The largest absolute Gasteiger partial charge is 0.309 e. The third-order valence-electron chi connectivity index (χ3n) is 4.29. The Morgan fingerprint density at radius 2 is 2.10 bits per heavy atom. The lowest BCUT2D eigenvalue weighted by Gasteiger charge is -2.33. The molecular formula is C15H25N3O2S. The summed E-state index contributed by atoms with van der Waals surface area (Å²) in [6.45, 7) is 4.81. The molecule has 1 N–H and O–H groups in total. The second-order valence-corrected chi connectivity index (χ2v) is 8.32. The summed E-state index contributed by atoms with van der Waals surface area (Å²) in [5, 5.41) is 3.25. The van der Waals surface area contributed by atoms with Crippen LogP contribution in [0.25, 0.3) is 0 Å². The van der Waals surface area contributed by atoms with Crippen LogP contribution in [0.4, 0.5) is 0 Å². The molecule has 3 atom stereocenters. The van der Waals surface area contributed by atoms with Crippen LogP contribution in [0.1, 0.15) is 50.0 Å². The van der Waals surface area contributed by atoms with E-state index in [-0.39, 0.29) is 11.3 Å². The van der Waals surface area contributed by atoms with Gasteiger partial charge in [0, 0.05) is 12.5 Å². The van der Waals surface area contributed by atoms with Gasteiger partial charge in [0.1, 0.15) is 9.84 Å². The van der Waals surface area contributed by atoms with Crippen molar-refractivity contribution in [3.63, 3.8) is 0 Å². The molecule has 0 amide bonds. The van der Waals surface area contributed by atoms with Crippen molar-refractivity contribution in [3.8, 4) is 0 Å². The van der Waals surface area contributed by atoms with Crippen LogP contribution in [0.5, 0.6) is 0 Å². The molecule has 0 bridgehead atoms. The first kappa shape index (κ1) is 16.4. The van der Waals surface area contributed by atoms with Gasteiger partial charge in [-0.05, 0) is 38.6 Å². The van der Waals surface area contributed by atoms with Crippen molar-refractivity contribution in [2.45, 2.75) is 50.8 Å². The van der Waals surface area contributed by atoms with Crippen molar-refractivity contribution in [1.82, 2.24) is 15.3 Å². The van der Waals surface area contributed by atoms with Crippen molar-refractivity contribution in [3.05, 3.63) is 23.8 Å². The Hall–Kier alpha value is -1.01. The molecule has 21 heavy (non-hydrogen) atoms. The Labute approximate surface area is 127 Å². The second-order valence-electron chi connectivity index (χ2n) is 6.00. The van der Waals surface area contributed by atoms with Crippen LogP contribution in [0.15, 0.2) is 12.4 Å². The van der Waals surface area contributed by atoms with Gasteiger partial charge >= 0.3 is 0 Å². The SMILES string of the molecule is CCNC(c1cnc(C)cn1)C1CCCC(S(C)(=O)=O)C1. The lowest BCUT2D eigenvalue weighted by Crippen LogP contribution is -2.36. The highest BCUT2D eigenvalue weighted by Crippen LogP contribution is 2.36. The normalized spacial score (nSPS) is 24.7. The average molecular weight is 311 g/mol. The van der Waals surface area contributed by atoms with Crippen LogP contribution in [0.3, 0.4) is 0 Å². The maximum atomic E-state index is 11.8. The average Bonchev–Trinajstić information content (AvgIpc) is 2.45. The van der Waals surface area contributed by atoms with Gasteiger partial charge in [-0.3, -0.25) is 9.97 Å². The number of nitrogens with zero attached hydrogens (tertiary/aromatic N) is 2. The van der Waals surface area contributed by atoms with Crippen molar-refractivity contribution >= 4 is 9.84 Å². The highest BCUT2D eigenvalue weighted by molar-refractivity contribution is 7.91. The monoisotopic (exact) mass is 311 g/mol. The van der Waals surface area contributed by atoms with E-state index in [2.05, 4.69) is 22.2 Å². The number of sulfone groups is 1. The van der Waals surface area contributed by atoms with Gasteiger partial charge in [-0.15, -0.1) is 0 Å². The van der Waals surface area contributed by atoms with Gasteiger partial charge in [0.2, 0.25) is 0 Å². The molecule has 118 valence electrons. The standard InChI is InChI=1S/C15H25N3O2S/c1-4-16-15(14-10-17-11(2)9-18-14)12-6-5-7-13(8-12)21(3,19)20/h9-10,12-13,15-16H,4-8H2,1-3H3. The third-order valence-corrected chi connectivity index (χ3v) is 5.93. The quantitative estimate of drug-likeness (QED) is 0.901. The van der Waals surface area contributed by atoms with Crippen molar-refractivity contribution in [1.29, 1.82) is 0 Å². The summed E-state index contributed by atoms with van der Waals surface area (Å²) in [6.07, 6.45) is 8.44. The summed E-state index contributed by atoms with van der Waals surface area (Å²) < 4.78 is 23.7. The van der Waals surface area contributed by atoms with Gasteiger partial charge in [0.15, 0.2) is 0 Å². The van der Waals surface area contributed by atoms with Gasteiger partial charge in [0.25, 0.3) is 0 Å². The number of hydrogen-bond donors (Lipinski definition) is 1. The Kier molecular flexibility index (Phi) is 5.32. The fourth-order valence-corrected chi connectivity index (χ4v) is 4.36. The van der Waals surface area contributed by atoms with Crippen LogP contribution >= 0.6 is 0 Å². The van der Waals surface area contributed by atoms with Gasteiger partial charge in [-0.25, -0.2) is 8.42 Å². The molecule has 5 nitrogen and oxygen atoms in total. The minimum atomic E-state index is -2.96. The van der Waals surface area contributed by atoms with E-state index >= 15 is 0 Å². The fraction of sp³-hybridized carbons (Fsp3) is 0.733. The molecule has 2 rings (SSSR count). The van der Waals surface area contributed by atoms with E-state index in [1.165, 1.54) is 6.26 Å². The summed E-state index contributed by atoms with van der Waals surface area (Å²) in [7, 11) is -2.96. The van der Waals surface area contributed by atoms with E-state index in [0.29, 0.717) is 12.3 Å². The molecule has 1 aliphatic carbocycles. The minimum absolute atomic E-state index is 0.0904. The summed E-state index contributed by atoms with van der Waals surface area (Å²) >= 11 is 0. The first-order valence-corrected chi connectivity index (χ1v) is 9.58. The smallest absolute Gasteiger partial charge is 0.150 e. The molecular weight excluding hydrogens is 286 g/mol. The van der Waals surface area contributed by atoms with Crippen molar-refractivity contribution in [2.75, 3.05) is 12.8 Å². The fourth-order valence-electron chi connectivity index (χ4n) is 3.17. The van der Waals surface area contributed by atoms with Crippen molar-refractivity contribution < 1.29 is 8.42 Å². The second kappa shape index (κ2) is 6.83. The molecule has 3 unspecified atom stereocenters. The van der Waals surface area contributed by atoms with E-state index < -0.39 is 9.84 Å². The number of rotatable bonds is 5. The zero-order chi connectivity index (χ0) is 15.5. The summed E-state index contributed by atoms with van der Waals surface area (Å²) in [5.74, 6) is 0.301. The molecule has 0 radical (unpaired) electrons.